The number of nitrogens with one attached hydrogen (secondary N) is 1. The van der Waals surface area contributed by atoms with Crippen LogP contribution in [-0.2, 0) is 4.74 Å². The first-order valence-electron chi connectivity index (χ1n) is 16.4. The summed E-state index contributed by atoms with van der Waals surface area (Å²) in [4.78, 5) is 10.9. The summed E-state index contributed by atoms with van der Waals surface area (Å²) in [5.41, 5.74) is 7.64. The Morgan fingerprint density at radius 2 is 1.65 bits per heavy atom. The van der Waals surface area contributed by atoms with E-state index in [0.29, 0.717) is 24.5 Å². The van der Waals surface area contributed by atoms with Crippen LogP contribution in [0.15, 0.2) is 91.0 Å². The number of nitro groups is 1. The van der Waals surface area contributed by atoms with Gasteiger partial charge in [-0.15, -0.1) is 5.43 Å². The monoisotopic (exact) mass is 588 g/mol. The van der Waals surface area contributed by atoms with Gasteiger partial charge in [0, 0.05) is 5.92 Å². The van der Waals surface area contributed by atoms with Crippen LogP contribution in [-0.4, -0.2) is 23.8 Å². The zero-order valence-corrected chi connectivity index (χ0v) is 27.3. The van der Waals surface area contributed by atoms with E-state index in [0.717, 1.165) is 51.4 Å². The number of unbranched alkanes of at least 4 members (excludes halogenated alkanes) is 2. The van der Waals surface area contributed by atoms with E-state index >= 15 is 0 Å². The van der Waals surface area contributed by atoms with Crippen molar-refractivity contribution in [3.63, 3.8) is 0 Å². The third-order valence-corrected chi connectivity index (χ3v) is 8.52. The Kier molecular flexibility index (Phi) is 17.3. The maximum absolute atomic E-state index is 10.9. The van der Waals surface area contributed by atoms with Crippen molar-refractivity contribution in [2.75, 3.05) is 6.61 Å². The van der Waals surface area contributed by atoms with Gasteiger partial charge in [-0.3, -0.25) is 0 Å². The molecule has 1 unspecified atom stereocenters. The van der Waals surface area contributed by atoms with Crippen LogP contribution < -0.4 is 5.43 Å². The number of hydrazine groups is 1. The minimum atomic E-state index is -0.405. The van der Waals surface area contributed by atoms with Crippen molar-refractivity contribution in [1.29, 1.82) is 0 Å². The summed E-state index contributed by atoms with van der Waals surface area (Å²) >= 11 is 0. The zero-order valence-electron chi connectivity index (χ0n) is 27.3. The van der Waals surface area contributed by atoms with Gasteiger partial charge >= 0.3 is 0 Å². The normalized spacial score (nSPS) is 19.4. The summed E-state index contributed by atoms with van der Waals surface area (Å²) < 4.78 is 6.14. The van der Waals surface area contributed by atoms with E-state index in [1.807, 2.05) is 12.1 Å². The number of allylic oxidation sites excluding steroid dienone is 5. The minimum Gasteiger partial charge on any atom is -0.378 e. The second kappa shape index (κ2) is 20.7. The summed E-state index contributed by atoms with van der Waals surface area (Å²) in [5, 5.41) is 10.5. The van der Waals surface area contributed by atoms with Gasteiger partial charge in [0.15, 0.2) is 5.03 Å². The van der Waals surface area contributed by atoms with Crippen LogP contribution in [0.1, 0.15) is 109 Å². The van der Waals surface area contributed by atoms with Crippen LogP contribution in [0.3, 0.4) is 0 Å². The Bertz CT molecular complexity index is 1100. The molecule has 236 valence electrons. The lowest BCUT2D eigenvalue weighted by Gasteiger charge is -2.30. The van der Waals surface area contributed by atoms with Gasteiger partial charge in [-0.2, -0.15) is 0 Å². The molecule has 1 N–H and O–H groups in total. The van der Waals surface area contributed by atoms with E-state index in [1.54, 1.807) is 0 Å². The fraction of sp³-hybridized carbons (Fsp3) is 0.526. The predicted molar refractivity (Wildman–Crippen MR) is 182 cm³/mol. The lowest BCUT2D eigenvalue weighted by atomic mass is 9.83. The van der Waals surface area contributed by atoms with Crippen molar-refractivity contribution >= 4 is 5.57 Å². The number of hydrogen-bond acceptors (Lipinski definition) is 3. The maximum Gasteiger partial charge on any atom is 0.157 e. The molecule has 2 aromatic carbocycles. The van der Waals surface area contributed by atoms with Gasteiger partial charge in [-0.25, -0.2) is 10.1 Å². The Balaban J connectivity index is 0.000000329. The highest BCUT2D eigenvalue weighted by Gasteiger charge is 2.26. The smallest absolute Gasteiger partial charge is 0.157 e. The molecule has 0 bridgehead atoms. The fourth-order valence-electron chi connectivity index (χ4n) is 5.67. The topological polar surface area (TPSA) is 64.4 Å². The SMILES string of the molecule is C=C/C(=C\C(C)=C/C(C)CC)c1ccccc1.CCCCC[C@H](N[N+](=O)[O-])[C@@H](C)COC1CCC(c2ccccc2)CC1. The second-order valence-electron chi connectivity index (χ2n) is 12.1. The average Bonchev–Trinajstić information content (AvgIpc) is 3.03. The third-order valence-electron chi connectivity index (χ3n) is 8.52. The highest BCUT2D eigenvalue weighted by Crippen LogP contribution is 2.34. The Morgan fingerprint density at radius 1 is 1.02 bits per heavy atom. The Hall–Kier alpha value is -3.18. The van der Waals surface area contributed by atoms with Crippen molar-refractivity contribution in [3.8, 4) is 0 Å². The molecule has 3 atom stereocenters. The molecule has 0 amide bonds. The first kappa shape index (κ1) is 36.0. The number of nitrogens with zero attached hydrogens (tertiary/aromatic N) is 1. The van der Waals surface area contributed by atoms with Gasteiger partial charge in [-0.05, 0) is 67.6 Å². The minimum absolute atomic E-state index is 0.114. The first-order valence-corrected chi connectivity index (χ1v) is 16.4. The Morgan fingerprint density at radius 3 is 2.21 bits per heavy atom. The molecule has 0 saturated heterocycles. The molecule has 0 heterocycles. The van der Waals surface area contributed by atoms with E-state index in [1.165, 1.54) is 28.7 Å². The predicted octanol–water partition coefficient (Wildman–Crippen LogP) is 10.3. The molecule has 5 nitrogen and oxygen atoms in total. The molecule has 0 radical (unpaired) electrons. The van der Waals surface area contributed by atoms with Crippen molar-refractivity contribution in [2.45, 2.75) is 110 Å². The molecule has 1 fully saturated rings. The largest absolute Gasteiger partial charge is 0.378 e. The summed E-state index contributed by atoms with van der Waals surface area (Å²) in [7, 11) is 0. The van der Waals surface area contributed by atoms with E-state index in [9.17, 15) is 10.1 Å². The van der Waals surface area contributed by atoms with Gasteiger partial charge in [-0.1, -0.05) is 144 Å². The molecular weight excluding hydrogens is 532 g/mol. The number of hydrogen-bond donors (Lipinski definition) is 1. The van der Waals surface area contributed by atoms with Crippen LogP contribution in [0.25, 0.3) is 5.57 Å². The summed E-state index contributed by atoms with van der Waals surface area (Å²) in [6.45, 7) is 15.3. The number of benzene rings is 2. The lowest BCUT2D eigenvalue weighted by molar-refractivity contribution is -0.553. The van der Waals surface area contributed by atoms with Crippen LogP contribution in [0.5, 0.6) is 0 Å². The summed E-state index contributed by atoms with van der Waals surface area (Å²) in [6.07, 6.45) is 16.5. The van der Waals surface area contributed by atoms with Gasteiger partial charge in [0.05, 0.1) is 18.8 Å². The van der Waals surface area contributed by atoms with Gasteiger partial charge in [0.25, 0.3) is 0 Å². The van der Waals surface area contributed by atoms with Crippen molar-refractivity contribution in [1.82, 2.24) is 5.43 Å². The molecule has 1 aliphatic carbocycles. The van der Waals surface area contributed by atoms with Crippen molar-refractivity contribution in [3.05, 3.63) is 112 Å². The quantitative estimate of drug-likeness (QED) is 0.0917. The lowest BCUT2D eigenvalue weighted by Crippen LogP contribution is -2.41. The zero-order chi connectivity index (χ0) is 31.5. The third kappa shape index (κ3) is 14.2. The molecule has 1 aliphatic rings. The molecule has 43 heavy (non-hydrogen) atoms. The number of rotatable bonds is 16. The summed E-state index contributed by atoms with van der Waals surface area (Å²) in [5.74, 6) is 1.42. The molecule has 5 heteroatoms. The highest BCUT2D eigenvalue weighted by atomic mass is 16.7. The van der Waals surface area contributed by atoms with Gasteiger partial charge in [0.1, 0.15) is 0 Å². The van der Waals surface area contributed by atoms with E-state index in [2.05, 4.69) is 113 Å². The second-order valence-corrected chi connectivity index (χ2v) is 12.1. The van der Waals surface area contributed by atoms with Crippen molar-refractivity contribution in [2.24, 2.45) is 11.8 Å². The maximum atomic E-state index is 10.9. The Labute approximate surface area is 261 Å². The van der Waals surface area contributed by atoms with Crippen LogP contribution in [0.4, 0.5) is 0 Å². The van der Waals surface area contributed by atoms with Crippen molar-refractivity contribution < 1.29 is 9.77 Å². The molecule has 0 spiro atoms. The fourth-order valence-corrected chi connectivity index (χ4v) is 5.67. The first-order chi connectivity index (χ1) is 20.8. The van der Waals surface area contributed by atoms with E-state index in [-0.39, 0.29) is 12.0 Å². The standard InChI is InChI=1S/C21H34N2O3.C17H22/c1-3-4-6-11-21(22-23(24)25)17(2)16-26-20-14-12-19(13-15-20)18-9-7-5-8-10-18;1-5-14(3)12-15(4)13-16(6-2)17-10-8-7-9-11-17/h5,7-10,17,19-22H,3-4,6,11-16H2,1-2H3;6-14H,2,5H2,1,3-4H3/b;15-12-,16-13+/t17-,19?,20?,21-;/m0./s1. The van der Waals surface area contributed by atoms with Crippen LogP contribution in [0, 0.1) is 22.0 Å². The van der Waals surface area contributed by atoms with E-state index < -0.39 is 5.03 Å². The average molecular weight is 589 g/mol. The van der Waals surface area contributed by atoms with E-state index in [4.69, 9.17) is 4.74 Å². The molecule has 0 aromatic heterocycles. The molecular formula is C38H56N2O3. The molecule has 1 saturated carbocycles. The van der Waals surface area contributed by atoms with Gasteiger partial charge < -0.3 is 4.74 Å². The van der Waals surface area contributed by atoms with Crippen LogP contribution in [0.2, 0.25) is 0 Å². The molecule has 0 aliphatic heterocycles. The summed E-state index contributed by atoms with van der Waals surface area (Å²) in [6, 6.07) is 21.0. The molecule has 3 rings (SSSR count). The number of ether oxygens (including phenoxy) is 1. The highest BCUT2D eigenvalue weighted by molar-refractivity contribution is 5.75. The van der Waals surface area contributed by atoms with Gasteiger partial charge in [0.2, 0.25) is 0 Å². The van der Waals surface area contributed by atoms with Crippen LogP contribution >= 0.6 is 0 Å². The molecule has 2 aromatic rings.